The third-order valence-electron chi connectivity index (χ3n) is 4.95. The maximum absolute atomic E-state index is 13.2. The van der Waals surface area contributed by atoms with Gasteiger partial charge < -0.3 is 24.1 Å². The number of ketones is 1. The minimum atomic E-state index is -0.722. The molecule has 1 atom stereocenters. The molecule has 2 aromatic rings. The van der Waals surface area contributed by atoms with E-state index in [-0.39, 0.29) is 11.3 Å². The second-order valence-corrected chi connectivity index (χ2v) is 7.63. The Hall–Kier alpha value is -3.06. The summed E-state index contributed by atoms with van der Waals surface area (Å²) in [5.74, 6) is -0.253. The number of Topliss-reactive ketones (excluding diaryl/α,β-unsaturated/α-hetero) is 1. The Morgan fingerprint density at radius 2 is 2.03 bits per heavy atom. The van der Waals surface area contributed by atoms with Gasteiger partial charge in [-0.3, -0.25) is 9.59 Å². The molecule has 0 saturated heterocycles. The smallest absolute Gasteiger partial charge is 0.290 e. The van der Waals surface area contributed by atoms with E-state index in [1.165, 1.54) is 4.90 Å². The molecule has 1 aromatic heterocycles. The van der Waals surface area contributed by atoms with Gasteiger partial charge in [-0.15, -0.1) is 0 Å². The van der Waals surface area contributed by atoms with Gasteiger partial charge >= 0.3 is 0 Å². The number of ether oxygens (including phenoxy) is 1. The number of carbonyl (C=O) groups is 2. The first-order chi connectivity index (χ1) is 14.3. The lowest BCUT2D eigenvalue weighted by atomic mass is 9.95. The molecule has 2 heterocycles. The molecule has 0 aliphatic carbocycles. The summed E-state index contributed by atoms with van der Waals surface area (Å²) in [6.07, 6.45) is 0.864. The van der Waals surface area contributed by atoms with Crippen LogP contribution in [0.1, 0.15) is 41.3 Å². The molecule has 1 N–H and O–H groups in total. The van der Waals surface area contributed by atoms with Crippen LogP contribution >= 0.6 is 0 Å². The second kappa shape index (κ2) is 9.17. The van der Waals surface area contributed by atoms with Gasteiger partial charge in [-0.05, 0) is 57.3 Å². The number of rotatable bonds is 9. The van der Waals surface area contributed by atoms with E-state index in [4.69, 9.17) is 9.15 Å². The van der Waals surface area contributed by atoms with E-state index < -0.39 is 23.5 Å². The number of aryl methyl sites for hydroxylation is 1. The van der Waals surface area contributed by atoms with Gasteiger partial charge in [0, 0.05) is 13.1 Å². The van der Waals surface area contributed by atoms with E-state index in [1.807, 2.05) is 50.2 Å². The fourth-order valence-corrected chi connectivity index (χ4v) is 3.45. The van der Waals surface area contributed by atoms with Crippen LogP contribution in [0.4, 0.5) is 0 Å². The topological polar surface area (TPSA) is 83.2 Å². The lowest BCUT2D eigenvalue weighted by Gasteiger charge is -2.28. The van der Waals surface area contributed by atoms with Crippen LogP contribution in [0.25, 0.3) is 0 Å². The number of hydrogen-bond donors (Lipinski definition) is 1. The maximum atomic E-state index is 13.2. The van der Waals surface area contributed by atoms with E-state index in [9.17, 15) is 14.7 Å². The van der Waals surface area contributed by atoms with Crippen molar-refractivity contribution >= 4 is 11.7 Å². The van der Waals surface area contributed by atoms with Crippen molar-refractivity contribution in [2.45, 2.75) is 26.3 Å². The van der Waals surface area contributed by atoms with Crippen LogP contribution in [0.5, 0.6) is 5.75 Å². The Morgan fingerprint density at radius 3 is 2.67 bits per heavy atom. The van der Waals surface area contributed by atoms with Crippen molar-refractivity contribution in [1.82, 2.24) is 9.80 Å². The first-order valence-corrected chi connectivity index (χ1v) is 10.1. The third kappa shape index (κ3) is 4.41. The highest BCUT2D eigenvalue weighted by Gasteiger charge is 2.44. The van der Waals surface area contributed by atoms with Crippen molar-refractivity contribution in [3.63, 3.8) is 0 Å². The van der Waals surface area contributed by atoms with Crippen molar-refractivity contribution in [2.24, 2.45) is 0 Å². The first kappa shape index (κ1) is 21.6. The van der Waals surface area contributed by atoms with E-state index >= 15 is 0 Å². The number of carbonyl (C=O) groups excluding carboxylic acids is 2. The molecule has 0 spiro atoms. The van der Waals surface area contributed by atoms with Gasteiger partial charge in [-0.1, -0.05) is 19.1 Å². The largest absolute Gasteiger partial charge is 0.503 e. The number of aliphatic hydroxyl groups is 1. The van der Waals surface area contributed by atoms with Crippen molar-refractivity contribution in [1.29, 1.82) is 0 Å². The van der Waals surface area contributed by atoms with Crippen LogP contribution in [0.3, 0.4) is 0 Å². The summed E-state index contributed by atoms with van der Waals surface area (Å²) in [6.45, 7) is 5.26. The molecule has 1 aromatic carbocycles. The predicted molar refractivity (Wildman–Crippen MR) is 113 cm³/mol. The van der Waals surface area contributed by atoms with Gasteiger partial charge in [-0.2, -0.15) is 0 Å². The Bertz CT molecular complexity index is 960. The van der Waals surface area contributed by atoms with Gasteiger partial charge in [0.25, 0.3) is 5.91 Å². The molecule has 0 fully saturated rings. The summed E-state index contributed by atoms with van der Waals surface area (Å²) >= 11 is 0. The molecule has 0 unspecified atom stereocenters. The van der Waals surface area contributed by atoms with Crippen LogP contribution in [0.15, 0.2) is 52.1 Å². The SMILES string of the molecule is CCCOc1cccc([C@H]2C(C(=O)c3ccc(C)o3)=C(O)C(=O)N2CCN(C)C)c1. The Labute approximate surface area is 176 Å². The molecule has 0 radical (unpaired) electrons. The molecule has 7 nitrogen and oxygen atoms in total. The van der Waals surface area contributed by atoms with Crippen LogP contribution < -0.4 is 4.74 Å². The van der Waals surface area contributed by atoms with Gasteiger partial charge in [-0.25, -0.2) is 0 Å². The number of likely N-dealkylation sites (N-methyl/N-ethyl adjacent to an activating group) is 1. The predicted octanol–water partition coefficient (Wildman–Crippen LogP) is 3.52. The molecule has 30 heavy (non-hydrogen) atoms. The molecule has 0 bridgehead atoms. The molecule has 0 saturated carbocycles. The fourth-order valence-electron chi connectivity index (χ4n) is 3.45. The van der Waals surface area contributed by atoms with Crippen LogP contribution in [-0.2, 0) is 4.79 Å². The van der Waals surface area contributed by atoms with Crippen molar-refractivity contribution < 1.29 is 23.8 Å². The first-order valence-electron chi connectivity index (χ1n) is 10.1. The molecule has 1 aliphatic heterocycles. The van der Waals surface area contributed by atoms with Crippen LogP contribution in [0.2, 0.25) is 0 Å². The Balaban J connectivity index is 2.04. The zero-order chi connectivity index (χ0) is 21.8. The summed E-state index contributed by atoms with van der Waals surface area (Å²) in [4.78, 5) is 29.6. The zero-order valence-electron chi connectivity index (χ0n) is 17.8. The van der Waals surface area contributed by atoms with E-state index in [1.54, 1.807) is 19.1 Å². The number of nitrogens with zero attached hydrogens (tertiary/aromatic N) is 2. The summed E-state index contributed by atoms with van der Waals surface area (Å²) in [5.41, 5.74) is 0.729. The zero-order valence-corrected chi connectivity index (χ0v) is 17.8. The van der Waals surface area contributed by atoms with E-state index in [0.717, 1.165) is 6.42 Å². The highest BCUT2D eigenvalue weighted by molar-refractivity contribution is 6.15. The molecule has 3 rings (SSSR count). The summed E-state index contributed by atoms with van der Waals surface area (Å²) < 4.78 is 11.2. The van der Waals surface area contributed by atoms with Crippen molar-refractivity contribution in [3.05, 3.63) is 64.8 Å². The monoisotopic (exact) mass is 412 g/mol. The van der Waals surface area contributed by atoms with E-state index in [2.05, 4.69) is 0 Å². The highest BCUT2D eigenvalue weighted by Crippen LogP contribution is 2.39. The molecule has 7 heteroatoms. The standard InChI is InChI=1S/C23H28N2O5/c1-5-13-29-17-8-6-7-16(14-17)20-19(21(26)18-10-9-15(2)30-18)22(27)23(28)25(20)12-11-24(3)4/h6-10,14,20,27H,5,11-13H2,1-4H3/t20-/m0/s1. The number of amides is 1. The number of benzene rings is 1. The van der Waals surface area contributed by atoms with Gasteiger partial charge in [0.15, 0.2) is 11.5 Å². The van der Waals surface area contributed by atoms with Crippen molar-refractivity contribution in [2.75, 3.05) is 33.8 Å². The number of hydrogen-bond acceptors (Lipinski definition) is 6. The molecule has 1 aliphatic rings. The van der Waals surface area contributed by atoms with Crippen molar-refractivity contribution in [3.8, 4) is 5.75 Å². The Kier molecular flexibility index (Phi) is 6.62. The lowest BCUT2D eigenvalue weighted by Crippen LogP contribution is -2.36. The number of furan rings is 1. The average molecular weight is 412 g/mol. The molecule has 160 valence electrons. The summed E-state index contributed by atoms with van der Waals surface area (Å²) in [5, 5.41) is 10.7. The van der Waals surface area contributed by atoms with Crippen LogP contribution in [0, 0.1) is 6.92 Å². The normalized spacial score (nSPS) is 16.6. The highest BCUT2D eigenvalue weighted by atomic mass is 16.5. The van der Waals surface area contributed by atoms with Gasteiger partial charge in [0.2, 0.25) is 5.78 Å². The minimum Gasteiger partial charge on any atom is -0.503 e. The quantitative estimate of drug-likeness (QED) is 0.635. The lowest BCUT2D eigenvalue weighted by molar-refractivity contribution is -0.129. The van der Waals surface area contributed by atoms with Gasteiger partial charge in [0.1, 0.15) is 11.5 Å². The molecular formula is C23H28N2O5. The fraction of sp³-hybridized carbons (Fsp3) is 0.391. The maximum Gasteiger partial charge on any atom is 0.290 e. The summed E-state index contributed by atoms with van der Waals surface area (Å²) in [7, 11) is 3.81. The Morgan fingerprint density at radius 1 is 1.27 bits per heavy atom. The van der Waals surface area contributed by atoms with Gasteiger partial charge in [0.05, 0.1) is 18.2 Å². The third-order valence-corrected chi connectivity index (χ3v) is 4.95. The van der Waals surface area contributed by atoms with E-state index in [0.29, 0.717) is 36.8 Å². The summed E-state index contributed by atoms with van der Waals surface area (Å²) in [6, 6.07) is 9.82. The minimum absolute atomic E-state index is 0.0285. The molecule has 1 amide bonds. The molecular weight excluding hydrogens is 384 g/mol. The second-order valence-electron chi connectivity index (χ2n) is 7.63. The van der Waals surface area contributed by atoms with Crippen LogP contribution in [-0.4, -0.2) is 60.4 Å². The average Bonchev–Trinajstić information content (AvgIpc) is 3.26. The number of aliphatic hydroxyl groups excluding tert-OH is 1.